The zero-order chi connectivity index (χ0) is 20.4. The maximum atomic E-state index is 12.7. The molecule has 0 spiro atoms. The molecule has 2 aromatic heterocycles. The van der Waals surface area contributed by atoms with Crippen LogP contribution in [0.3, 0.4) is 0 Å². The van der Waals surface area contributed by atoms with Crippen molar-refractivity contribution in [3.63, 3.8) is 0 Å². The van der Waals surface area contributed by atoms with Gasteiger partial charge in [0.2, 0.25) is 11.1 Å². The van der Waals surface area contributed by atoms with Crippen LogP contribution in [0.15, 0.2) is 58.2 Å². The maximum Gasteiger partial charge on any atom is 0.233 e. The Bertz CT molecular complexity index is 1130. The molecule has 9 heteroatoms. The van der Waals surface area contributed by atoms with E-state index in [9.17, 15) is 4.79 Å². The van der Waals surface area contributed by atoms with E-state index in [0.29, 0.717) is 11.0 Å². The van der Waals surface area contributed by atoms with Gasteiger partial charge in [-0.15, -0.1) is 16.4 Å². The highest BCUT2D eigenvalue weighted by atomic mass is 79.9. The van der Waals surface area contributed by atoms with E-state index >= 15 is 0 Å². The molecule has 0 aliphatic rings. The first kappa shape index (κ1) is 20.1. The standard InChI is InChI=1S/C20H18BrN5OS2/c1-12(19-22-15-9-5-6-10-16(15)29-19)26(2)17(27)11-28-20-23-18(24-25-20)13-7-3-4-8-14(13)21/h3-10,12H,11H2,1-2H3,(H,23,24,25). The Morgan fingerprint density at radius 2 is 1.97 bits per heavy atom. The number of carbonyl (C=O) groups is 1. The summed E-state index contributed by atoms with van der Waals surface area (Å²) in [6, 6.07) is 15.7. The molecule has 0 bridgehead atoms. The first-order valence-electron chi connectivity index (χ1n) is 8.94. The maximum absolute atomic E-state index is 12.7. The van der Waals surface area contributed by atoms with E-state index in [2.05, 4.69) is 36.1 Å². The van der Waals surface area contributed by atoms with Crippen LogP contribution < -0.4 is 0 Å². The van der Waals surface area contributed by atoms with Gasteiger partial charge in [-0.05, 0) is 25.1 Å². The van der Waals surface area contributed by atoms with E-state index in [1.165, 1.54) is 11.8 Å². The predicted octanol–water partition coefficient (Wildman–Crippen LogP) is 5.16. The highest BCUT2D eigenvalue weighted by molar-refractivity contribution is 9.10. The Balaban J connectivity index is 1.40. The summed E-state index contributed by atoms with van der Waals surface area (Å²) < 4.78 is 2.07. The van der Waals surface area contributed by atoms with Gasteiger partial charge in [-0.2, -0.15) is 0 Å². The van der Waals surface area contributed by atoms with Gasteiger partial charge >= 0.3 is 0 Å². The number of fused-ring (bicyclic) bond motifs is 1. The number of thioether (sulfide) groups is 1. The van der Waals surface area contributed by atoms with Crippen molar-refractivity contribution in [2.45, 2.75) is 18.1 Å². The number of thiazole rings is 1. The number of rotatable bonds is 6. The summed E-state index contributed by atoms with van der Waals surface area (Å²) in [5.41, 5.74) is 1.90. The second kappa shape index (κ2) is 8.64. The van der Waals surface area contributed by atoms with Crippen LogP contribution in [-0.4, -0.2) is 43.8 Å². The van der Waals surface area contributed by atoms with Gasteiger partial charge in [-0.1, -0.05) is 58.0 Å². The fraction of sp³-hybridized carbons (Fsp3) is 0.200. The van der Waals surface area contributed by atoms with Crippen LogP contribution in [0.4, 0.5) is 0 Å². The molecule has 0 aliphatic carbocycles. The fourth-order valence-electron chi connectivity index (χ4n) is 2.76. The van der Waals surface area contributed by atoms with Gasteiger partial charge in [0.15, 0.2) is 5.82 Å². The summed E-state index contributed by atoms with van der Waals surface area (Å²) in [6.07, 6.45) is 0. The van der Waals surface area contributed by atoms with E-state index in [4.69, 9.17) is 0 Å². The molecule has 4 rings (SSSR count). The average Bonchev–Trinajstić information content (AvgIpc) is 3.38. The summed E-state index contributed by atoms with van der Waals surface area (Å²) in [5, 5.41) is 8.63. The normalized spacial score (nSPS) is 12.2. The third-order valence-electron chi connectivity index (χ3n) is 4.56. The van der Waals surface area contributed by atoms with Gasteiger partial charge in [-0.3, -0.25) is 9.89 Å². The van der Waals surface area contributed by atoms with Gasteiger partial charge < -0.3 is 4.90 Å². The number of nitrogens with one attached hydrogen (secondary N) is 1. The number of benzene rings is 2. The lowest BCUT2D eigenvalue weighted by Crippen LogP contribution is -2.31. The molecule has 4 aromatic rings. The summed E-state index contributed by atoms with van der Waals surface area (Å²) in [5.74, 6) is 0.941. The van der Waals surface area contributed by atoms with E-state index in [0.717, 1.165) is 25.3 Å². The van der Waals surface area contributed by atoms with Crippen LogP contribution in [0, 0.1) is 0 Å². The summed E-state index contributed by atoms with van der Waals surface area (Å²) in [4.78, 5) is 23.6. The Kier molecular flexibility index (Phi) is 5.98. The van der Waals surface area contributed by atoms with Gasteiger partial charge in [0.1, 0.15) is 5.01 Å². The molecule has 0 saturated heterocycles. The summed E-state index contributed by atoms with van der Waals surface area (Å²) in [7, 11) is 1.81. The summed E-state index contributed by atoms with van der Waals surface area (Å²) >= 11 is 6.45. The SMILES string of the molecule is CC(c1nc2ccccc2s1)N(C)C(=O)CSc1n[nH]c(-c2ccccc2Br)n1. The molecule has 29 heavy (non-hydrogen) atoms. The molecule has 0 radical (unpaired) electrons. The molecule has 0 fully saturated rings. The predicted molar refractivity (Wildman–Crippen MR) is 121 cm³/mol. The molecule has 1 N–H and O–H groups in total. The van der Waals surface area contributed by atoms with Crippen LogP contribution in [-0.2, 0) is 4.79 Å². The van der Waals surface area contributed by atoms with E-state index < -0.39 is 0 Å². The lowest BCUT2D eigenvalue weighted by molar-refractivity contribution is -0.128. The number of H-pyrrole nitrogens is 1. The molecular weight excluding hydrogens is 470 g/mol. The van der Waals surface area contributed by atoms with Gasteiger partial charge in [0, 0.05) is 17.1 Å². The van der Waals surface area contributed by atoms with Crippen LogP contribution in [0.25, 0.3) is 21.6 Å². The quantitative estimate of drug-likeness (QED) is 0.380. The van der Waals surface area contributed by atoms with Crippen molar-refractivity contribution >= 4 is 55.2 Å². The van der Waals surface area contributed by atoms with Crippen molar-refractivity contribution in [2.24, 2.45) is 0 Å². The van der Waals surface area contributed by atoms with Crippen molar-refractivity contribution in [3.05, 3.63) is 58.0 Å². The smallest absolute Gasteiger partial charge is 0.233 e. The van der Waals surface area contributed by atoms with Crippen LogP contribution >= 0.6 is 39.0 Å². The number of hydrogen-bond donors (Lipinski definition) is 1. The van der Waals surface area contributed by atoms with E-state index in [-0.39, 0.29) is 17.7 Å². The average molecular weight is 488 g/mol. The molecule has 148 valence electrons. The molecule has 0 saturated carbocycles. The first-order valence-corrected chi connectivity index (χ1v) is 11.5. The zero-order valence-corrected chi connectivity index (χ0v) is 19.0. The van der Waals surface area contributed by atoms with Gasteiger partial charge in [0.05, 0.1) is 22.0 Å². The van der Waals surface area contributed by atoms with Crippen molar-refractivity contribution < 1.29 is 4.79 Å². The minimum Gasteiger partial charge on any atom is -0.336 e. The molecule has 6 nitrogen and oxygen atoms in total. The van der Waals surface area contributed by atoms with Crippen LogP contribution in [0.2, 0.25) is 0 Å². The second-order valence-electron chi connectivity index (χ2n) is 6.44. The Hall–Kier alpha value is -2.23. The molecule has 0 aliphatic heterocycles. The van der Waals surface area contributed by atoms with Crippen molar-refractivity contribution in [2.75, 3.05) is 12.8 Å². The number of halogens is 1. The van der Waals surface area contributed by atoms with Crippen molar-refractivity contribution in [3.8, 4) is 11.4 Å². The topological polar surface area (TPSA) is 74.8 Å². The molecule has 1 atom stereocenters. The largest absolute Gasteiger partial charge is 0.336 e. The number of aromatic nitrogens is 4. The minimum absolute atomic E-state index is 0.00833. The Labute approximate surface area is 184 Å². The fourth-order valence-corrected chi connectivity index (χ4v) is 5.02. The summed E-state index contributed by atoms with van der Waals surface area (Å²) in [6.45, 7) is 2.00. The van der Waals surface area contributed by atoms with E-state index in [1.807, 2.05) is 62.5 Å². The monoisotopic (exact) mass is 487 g/mol. The number of carbonyl (C=O) groups excluding carboxylic acids is 1. The molecule has 1 unspecified atom stereocenters. The van der Waals surface area contributed by atoms with Crippen molar-refractivity contribution in [1.82, 2.24) is 25.1 Å². The lowest BCUT2D eigenvalue weighted by Gasteiger charge is -2.22. The molecule has 2 heterocycles. The number of nitrogens with zero attached hydrogens (tertiary/aromatic N) is 4. The molecule has 2 aromatic carbocycles. The first-order chi connectivity index (χ1) is 14.0. The lowest BCUT2D eigenvalue weighted by atomic mass is 10.2. The van der Waals surface area contributed by atoms with E-state index in [1.54, 1.807) is 16.2 Å². The molecular formula is C20H18BrN5OS2. The van der Waals surface area contributed by atoms with Crippen LogP contribution in [0.1, 0.15) is 18.0 Å². The second-order valence-corrected chi connectivity index (χ2v) is 9.29. The number of amides is 1. The van der Waals surface area contributed by atoms with Crippen molar-refractivity contribution in [1.29, 1.82) is 0 Å². The van der Waals surface area contributed by atoms with Gasteiger partial charge in [0.25, 0.3) is 0 Å². The zero-order valence-electron chi connectivity index (χ0n) is 15.8. The Morgan fingerprint density at radius 3 is 2.76 bits per heavy atom. The minimum atomic E-state index is -0.0940. The number of hydrogen-bond acceptors (Lipinski definition) is 6. The van der Waals surface area contributed by atoms with Gasteiger partial charge in [-0.25, -0.2) is 9.97 Å². The third-order valence-corrected chi connectivity index (χ3v) is 7.29. The van der Waals surface area contributed by atoms with Crippen LogP contribution in [0.5, 0.6) is 0 Å². The highest BCUT2D eigenvalue weighted by Crippen LogP contribution is 2.30. The molecule has 1 amide bonds. The number of para-hydroxylation sites is 1. The highest BCUT2D eigenvalue weighted by Gasteiger charge is 2.21. The third kappa shape index (κ3) is 4.36. The number of aromatic amines is 1. The Morgan fingerprint density at radius 1 is 1.21 bits per heavy atom.